The Morgan fingerprint density at radius 3 is 2.67 bits per heavy atom. The zero-order valence-corrected chi connectivity index (χ0v) is 16.1. The Morgan fingerprint density at radius 1 is 1.12 bits per heavy atom. The van der Waals surface area contributed by atoms with Crippen LogP contribution < -0.4 is 10.1 Å². The fourth-order valence-electron chi connectivity index (χ4n) is 3.09. The van der Waals surface area contributed by atoms with Gasteiger partial charge in [-0.1, -0.05) is 30.3 Å². The van der Waals surface area contributed by atoms with Crippen LogP contribution in [0.25, 0.3) is 11.1 Å². The molecule has 0 bridgehead atoms. The van der Waals surface area contributed by atoms with Crippen molar-refractivity contribution in [2.75, 3.05) is 26.7 Å². The highest BCUT2D eigenvalue weighted by molar-refractivity contribution is 14.0. The van der Waals surface area contributed by atoms with E-state index in [2.05, 4.69) is 64.7 Å². The normalized spacial score (nSPS) is 15.4. The fourth-order valence-corrected chi connectivity index (χ4v) is 3.09. The van der Waals surface area contributed by atoms with Gasteiger partial charge in [0.2, 0.25) is 0 Å². The van der Waals surface area contributed by atoms with E-state index in [1.807, 2.05) is 0 Å². The summed E-state index contributed by atoms with van der Waals surface area (Å²) in [6.07, 6.45) is 1.01. The summed E-state index contributed by atoms with van der Waals surface area (Å²) < 4.78 is 5.57. The van der Waals surface area contributed by atoms with Gasteiger partial charge in [0.25, 0.3) is 0 Å². The maximum Gasteiger partial charge on any atom is 0.194 e. The van der Waals surface area contributed by atoms with Crippen molar-refractivity contribution in [2.45, 2.75) is 13.0 Å². The van der Waals surface area contributed by atoms with E-state index >= 15 is 0 Å². The molecule has 2 aromatic rings. The van der Waals surface area contributed by atoms with Crippen LogP contribution in [-0.4, -0.2) is 37.6 Å². The van der Waals surface area contributed by atoms with E-state index < -0.39 is 0 Å². The standard InChI is InChI=1S/C19H21N3O.HI/c1-22-10-9-20-19(22)21-13-14-2-4-15(5-3-14)16-6-7-18-17(12-16)8-11-23-18;/h2-7,12H,8-11,13H2,1H3,(H,20,21);1H. The minimum absolute atomic E-state index is 0. The molecule has 0 amide bonds. The van der Waals surface area contributed by atoms with Gasteiger partial charge in [0.1, 0.15) is 5.75 Å². The number of rotatable bonds is 3. The van der Waals surface area contributed by atoms with Crippen molar-refractivity contribution in [1.82, 2.24) is 10.2 Å². The van der Waals surface area contributed by atoms with Gasteiger partial charge in [0, 0.05) is 26.6 Å². The molecular weight excluding hydrogens is 413 g/mol. The van der Waals surface area contributed by atoms with Crippen LogP contribution in [0.5, 0.6) is 5.75 Å². The number of hydrogen-bond donors (Lipinski definition) is 1. The van der Waals surface area contributed by atoms with Crippen molar-refractivity contribution in [3.63, 3.8) is 0 Å². The van der Waals surface area contributed by atoms with Crippen LogP contribution in [0.2, 0.25) is 0 Å². The van der Waals surface area contributed by atoms with Crippen LogP contribution in [0.1, 0.15) is 11.1 Å². The number of benzene rings is 2. The van der Waals surface area contributed by atoms with Gasteiger partial charge >= 0.3 is 0 Å². The summed E-state index contributed by atoms with van der Waals surface area (Å²) in [5.74, 6) is 2.03. The Morgan fingerprint density at radius 2 is 1.92 bits per heavy atom. The maximum absolute atomic E-state index is 5.57. The summed E-state index contributed by atoms with van der Waals surface area (Å²) in [4.78, 5) is 6.60. The van der Waals surface area contributed by atoms with Crippen molar-refractivity contribution < 1.29 is 4.74 Å². The number of halogens is 1. The smallest absolute Gasteiger partial charge is 0.194 e. The van der Waals surface area contributed by atoms with Gasteiger partial charge in [-0.3, -0.25) is 4.99 Å². The number of likely N-dealkylation sites (N-methyl/N-ethyl adjacent to an activating group) is 1. The Bertz CT molecular complexity index is 743. The highest BCUT2D eigenvalue weighted by atomic mass is 127. The van der Waals surface area contributed by atoms with Crippen LogP contribution in [0.3, 0.4) is 0 Å². The van der Waals surface area contributed by atoms with Gasteiger partial charge in [0.15, 0.2) is 5.96 Å². The molecule has 2 aromatic carbocycles. The molecular formula is C19H22IN3O. The van der Waals surface area contributed by atoms with Crippen molar-refractivity contribution in [3.05, 3.63) is 53.6 Å². The number of guanidine groups is 1. The molecule has 5 heteroatoms. The number of nitrogens with zero attached hydrogens (tertiary/aromatic N) is 2. The highest BCUT2D eigenvalue weighted by Crippen LogP contribution is 2.30. The summed E-state index contributed by atoms with van der Waals surface area (Å²) in [6.45, 7) is 3.51. The molecule has 0 saturated heterocycles. The first-order valence-corrected chi connectivity index (χ1v) is 8.14. The molecule has 0 aromatic heterocycles. The van der Waals surface area contributed by atoms with E-state index in [1.165, 1.54) is 22.3 Å². The lowest BCUT2D eigenvalue weighted by molar-refractivity contribution is 0.357. The summed E-state index contributed by atoms with van der Waals surface area (Å²) in [5, 5.41) is 3.40. The van der Waals surface area contributed by atoms with Crippen LogP contribution in [0.15, 0.2) is 47.5 Å². The zero-order chi connectivity index (χ0) is 15.6. The number of aliphatic imine (C=N–C) groups is 1. The van der Waals surface area contributed by atoms with Gasteiger partial charge in [-0.15, -0.1) is 24.0 Å². The minimum atomic E-state index is 0. The lowest BCUT2D eigenvalue weighted by Crippen LogP contribution is -2.35. The van der Waals surface area contributed by atoms with Crippen LogP contribution in [0.4, 0.5) is 0 Å². The van der Waals surface area contributed by atoms with Gasteiger partial charge in [-0.2, -0.15) is 0 Å². The molecule has 126 valence electrons. The van der Waals surface area contributed by atoms with E-state index in [-0.39, 0.29) is 24.0 Å². The summed E-state index contributed by atoms with van der Waals surface area (Å²) in [7, 11) is 2.07. The SMILES string of the molecule is CN1CCN=C1NCc1ccc(-c2ccc3c(c2)CCO3)cc1.I. The van der Waals surface area contributed by atoms with Gasteiger partial charge in [-0.25, -0.2) is 0 Å². The molecule has 0 unspecified atom stereocenters. The van der Waals surface area contributed by atoms with E-state index in [1.54, 1.807) is 0 Å². The average molecular weight is 435 g/mol. The molecule has 0 aliphatic carbocycles. The molecule has 2 heterocycles. The molecule has 2 aliphatic rings. The largest absolute Gasteiger partial charge is 0.493 e. The molecule has 1 N–H and O–H groups in total. The number of nitrogens with one attached hydrogen (secondary N) is 1. The Kier molecular flexibility index (Phi) is 5.28. The zero-order valence-electron chi connectivity index (χ0n) is 13.8. The third-order valence-electron chi connectivity index (χ3n) is 4.49. The van der Waals surface area contributed by atoms with Gasteiger partial charge < -0.3 is 15.0 Å². The van der Waals surface area contributed by atoms with Crippen molar-refractivity contribution in [3.8, 4) is 16.9 Å². The van der Waals surface area contributed by atoms with E-state index in [0.717, 1.165) is 44.4 Å². The molecule has 24 heavy (non-hydrogen) atoms. The quantitative estimate of drug-likeness (QED) is 0.752. The maximum atomic E-state index is 5.57. The van der Waals surface area contributed by atoms with Crippen molar-refractivity contribution >= 4 is 29.9 Å². The number of fused-ring (bicyclic) bond motifs is 1. The van der Waals surface area contributed by atoms with Crippen LogP contribution in [-0.2, 0) is 13.0 Å². The molecule has 4 rings (SSSR count). The number of hydrogen-bond acceptors (Lipinski definition) is 4. The first-order valence-electron chi connectivity index (χ1n) is 8.14. The van der Waals surface area contributed by atoms with E-state index in [0.29, 0.717) is 0 Å². The monoisotopic (exact) mass is 435 g/mol. The average Bonchev–Trinajstić information content (AvgIpc) is 3.21. The topological polar surface area (TPSA) is 36.9 Å². The van der Waals surface area contributed by atoms with Crippen LogP contribution in [0, 0.1) is 0 Å². The van der Waals surface area contributed by atoms with E-state index in [9.17, 15) is 0 Å². The minimum Gasteiger partial charge on any atom is -0.493 e. The second-order valence-corrected chi connectivity index (χ2v) is 6.10. The Labute approximate surface area is 159 Å². The molecule has 0 fully saturated rings. The lowest BCUT2D eigenvalue weighted by Gasteiger charge is -2.15. The molecule has 0 atom stereocenters. The second-order valence-electron chi connectivity index (χ2n) is 6.10. The number of ether oxygens (including phenoxy) is 1. The first-order chi connectivity index (χ1) is 11.3. The van der Waals surface area contributed by atoms with E-state index in [4.69, 9.17) is 4.74 Å². The summed E-state index contributed by atoms with van der Waals surface area (Å²) in [5.41, 5.74) is 5.09. The Balaban J connectivity index is 0.00000169. The molecule has 0 radical (unpaired) electrons. The summed E-state index contributed by atoms with van der Waals surface area (Å²) >= 11 is 0. The predicted molar refractivity (Wildman–Crippen MR) is 108 cm³/mol. The fraction of sp³-hybridized carbons (Fsp3) is 0.316. The molecule has 0 saturated carbocycles. The Hall–Kier alpha value is -1.76. The van der Waals surface area contributed by atoms with Crippen molar-refractivity contribution in [1.29, 1.82) is 0 Å². The van der Waals surface area contributed by atoms with Gasteiger partial charge in [-0.05, 0) is 34.4 Å². The van der Waals surface area contributed by atoms with Crippen LogP contribution >= 0.6 is 24.0 Å². The second kappa shape index (κ2) is 7.42. The first kappa shape index (κ1) is 17.1. The lowest BCUT2D eigenvalue weighted by atomic mass is 10.0. The summed E-state index contributed by atoms with van der Waals surface area (Å²) in [6, 6.07) is 15.2. The molecule has 4 nitrogen and oxygen atoms in total. The predicted octanol–water partition coefficient (Wildman–Crippen LogP) is 3.30. The molecule has 2 aliphatic heterocycles. The van der Waals surface area contributed by atoms with Crippen molar-refractivity contribution in [2.24, 2.45) is 4.99 Å². The third kappa shape index (κ3) is 3.50. The van der Waals surface area contributed by atoms with Gasteiger partial charge in [0.05, 0.1) is 13.2 Å². The highest BCUT2D eigenvalue weighted by Gasteiger charge is 2.13. The molecule has 0 spiro atoms. The third-order valence-corrected chi connectivity index (χ3v) is 4.49.